The van der Waals surface area contributed by atoms with Gasteiger partial charge >= 0.3 is 0 Å². The predicted octanol–water partition coefficient (Wildman–Crippen LogP) is 5.69. The van der Waals surface area contributed by atoms with Gasteiger partial charge in [-0.1, -0.05) is 65.3 Å². The second-order valence-electron chi connectivity index (χ2n) is 7.51. The lowest BCUT2D eigenvalue weighted by Gasteiger charge is -2.29. The molecule has 1 atom stereocenters. The number of ether oxygens (including phenoxy) is 1. The Bertz CT molecular complexity index is 1100. The second kappa shape index (κ2) is 11.5. The monoisotopic (exact) mass is 560 g/mol. The van der Waals surface area contributed by atoms with Crippen molar-refractivity contribution < 1.29 is 14.3 Å². The average Bonchev–Trinajstić information content (AvgIpc) is 2.80. The molecule has 0 aliphatic rings. The summed E-state index contributed by atoms with van der Waals surface area (Å²) in [5, 5.41) is 4.97. The first-order valence-electron chi connectivity index (χ1n) is 10.5. The molecule has 1 N–H and O–H groups in total. The van der Waals surface area contributed by atoms with Crippen molar-refractivity contribution in [2.45, 2.75) is 32.9 Å². The zero-order chi connectivity index (χ0) is 23.1. The number of fused-ring (bicyclic) bond motifs is 1. The molecule has 32 heavy (non-hydrogen) atoms. The molecule has 0 bridgehead atoms. The van der Waals surface area contributed by atoms with Crippen LogP contribution in [0.15, 0.2) is 69.6 Å². The Balaban J connectivity index is 1.78. The minimum atomic E-state index is -0.628. The van der Waals surface area contributed by atoms with E-state index < -0.39 is 6.04 Å². The Morgan fingerprint density at radius 3 is 2.59 bits per heavy atom. The van der Waals surface area contributed by atoms with Crippen LogP contribution in [-0.4, -0.2) is 35.9 Å². The minimum Gasteiger partial charge on any atom is -0.483 e. The fourth-order valence-corrected chi connectivity index (χ4v) is 4.41. The summed E-state index contributed by atoms with van der Waals surface area (Å²) < 4.78 is 7.60. The van der Waals surface area contributed by atoms with E-state index in [2.05, 4.69) is 37.2 Å². The number of benzene rings is 3. The van der Waals surface area contributed by atoms with E-state index in [0.29, 0.717) is 18.8 Å². The van der Waals surface area contributed by atoms with Crippen molar-refractivity contribution in [2.24, 2.45) is 0 Å². The largest absolute Gasteiger partial charge is 0.483 e. The number of hydrogen-bond donors (Lipinski definition) is 1. The van der Waals surface area contributed by atoms with Gasteiger partial charge in [0.05, 0.1) is 4.47 Å². The van der Waals surface area contributed by atoms with Gasteiger partial charge in [-0.05, 0) is 63.8 Å². The van der Waals surface area contributed by atoms with Crippen LogP contribution in [0.5, 0.6) is 5.75 Å². The number of amides is 2. The van der Waals surface area contributed by atoms with Crippen LogP contribution < -0.4 is 10.1 Å². The molecule has 0 spiro atoms. The van der Waals surface area contributed by atoms with E-state index in [4.69, 9.17) is 4.74 Å². The van der Waals surface area contributed by atoms with Crippen LogP contribution in [0.3, 0.4) is 0 Å². The van der Waals surface area contributed by atoms with Gasteiger partial charge in [-0.15, -0.1) is 0 Å². The van der Waals surface area contributed by atoms with E-state index >= 15 is 0 Å². The van der Waals surface area contributed by atoms with Gasteiger partial charge < -0.3 is 15.0 Å². The van der Waals surface area contributed by atoms with Crippen molar-refractivity contribution in [2.75, 3.05) is 13.2 Å². The van der Waals surface area contributed by atoms with E-state index in [9.17, 15) is 9.59 Å². The number of nitrogens with zero attached hydrogens (tertiary/aromatic N) is 1. The highest BCUT2D eigenvalue weighted by Crippen LogP contribution is 2.33. The third kappa shape index (κ3) is 6.11. The minimum absolute atomic E-state index is 0.170. The molecule has 0 fully saturated rings. The molecule has 2 amide bonds. The highest BCUT2D eigenvalue weighted by atomic mass is 79.9. The molecule has 3 rings (SSSR count). The summed E-state index contributed by atoms with van der Waals surface area (Å²) in [4.78, 5) is 27.4. The van der Waals surface area contributed by atoms with Crippen LogP contribution in [0.1, 0.15) is 25.8 Å². The highest BCUT2D eigenvalue weighted by Gasteiger charge is 2.26. The van der Waals surface area contributed by atoms with Crippen molar-refractivity contribution >= 4 is 54.4 Å². The maximum atomic E-state index is 13.2. The van der Waals surface area contributed by atoms with Gasteiger partial charge in [-0.2, -0.15) is 0 Å². The molecular formula is C25H26Br2N2O3. The molecule has 0 aromatic heterocycles. The number of halogens is 2. The zero-order valence-electron chi connectivity index (χ0n) is 18.1. The van der Waals surface area contributed by atoms with Gasteiger partial charge in [0.1, 0.15) is 11.8 Å². The standard InChI is InChI=1S/C25H26Br2N2O3/c1-3-13-28-25(31)17(2)29(15-18-7-6-9-20(26)14-18)23(30)16-32-22-12-11-19-8-4-5-10-21(19)24(22)27/h4-12,14,17H,3,13,15-16H2,1-2H3,(H,28,31)/t17-/m1/s1. The first-order chi connectivity index (χ1) is 15.4. The number of carbonyl (C=O) groups is 2. The Kier molecular flexibility index (Phi) is 8.70. The van der Waals surface area contributed by atoms with Crippen molar-refractivity contribution in [3.63, 3.8) is 0 Å². The summed E-state index contributed by atoms with van der Waals surface area (Å²) in [6.07, 6.45) is 0.830. The lowest BCUT2D eigenvalue weighted by Crippen LogP contribution is -2.49. The van der Waals surface area contributed by atoms with Crippen LogP contribution in [0, 0.1) is 0 Å². The summed E-state index contributed by atoms with van der Waals surface area (Å²) in [5.74, 6) is 0.147. The third-order valence-corrected chi connectivity index (χ3v) is 6.45. The Morgan fingerprint density at radius 2 is 1.84 bits per heavy atom. The van der Waals surface area contributed by atoms with Crippen LogP contribution in [0.4, 0.5) is 0 Å². The maximum Gasteiger partial charge on any atom is 0.261 e. The summed E-state index contributed by atoms with van der Waals surface area (Å²) in [5.41, 5.74) is 0.926. The predicted molar refractivity (Wildman–Crippen MR) is 135 cm³/mol. The van der Waals surface area contributed by atoms with Gasteiger partial charge in [0.25, 0.3) is 5.91 Å². The first-order valence-corrected chi connectivity index (χ1v) is 12.1. The molecule has 3 aromatic carbocycles. The number of carbonyl (C=O) groups excluding carboxylic acids is 2. The maximum absolute atomic E-state index is 13.2. The molecule has 0 unspecified atom stereocenters. The molecule has 168 valence electrons. The van der Waals surface area contributed by atoms with E-state index in [-0.39, 0.29) is 18.4 Å². The molecule has 0 radical (unpaired) electrons. The van der Waals surface area contributed by atoms with E-state index in [1.807, 2.05) is 67.6 Å². The topological polar surface area (TPSA) is 58.6 Å². The number of nitrogens with one attached hydrogen (secondary N) is 1. The van der Waals surface area contributed by atoms with E-state index in [1.165, 1.54) is 0 Å². The van der Waals surface area contributed by atoms with Gasteiger partial charge in [0.15, 0.2) is 6.61 Å². The quantitative estimate of drug-likeness (QED) is 0.365. The molecule has 0 heterocycles. The van der Waals surface area contributed by atoms with Crippen LogP contribution >= 0.6 is 31.9 Å². The molecule has 7 heteroatoms. The average molecular weight is 562 g/mol. The first kappa shape index (κ1) is 24.3. The molecular weight excluding hydrogens is 536 g/mol. The van der Waals surface area contributed by atoms with Gasteiger partial charge in [0.2, 0.25) is 5.91 Å². The fraction of sp³-hybridized carbons (Fsp3) is 0.280. The SMILES string of the molecule is CCCNC(=O)[C@@H](C)N(Cc1cccc(Br)c1)C(=O)COc1ccc2ccccc2c1Br. The number of rotatable bonds is 9. The molecule has 0 saturated carbocycles. The van der Waals surface area contributed by atoms with Crippen molar-refractivity contribution in [3.8, 4) is 5.75 Å². The molecule has 0 saturated heterocycles. The smallest absolute Gasteiger partial charge is 0.261 e. The van der Waals surface area contributed by atoms with Gasteiger partial charge in [-0.3, -0.25) is 9.59 Å². The van der Waals surface area contributed by atoms with E-state index in [1.54, 1.807) is 11.8 Å². The molecule has 0 aliphatic heterocycles. The van der Waals surface area contributed by atoms with Gasteiger partial charge in [-0.25, -0.2) is 0 Å². The highest BCUT2D eigenvalue weighted by molar-refractivity contribution is 9.11. The Labute approximate surface area is 205 Å². The third-order valence-electron chi connectivity index (χ3n) is 5.14. The van der Waals surface area contributed by atoms with Crippen molar-refractivity contribution in [1.82, 2.24) is 10.2 Å². The summed E-state index contributed by atoms with van der Waals surface area (Å²) in [6, 6.07) is 18.8. The van der Waals surface area contributed by atoms with Crippen LogP contribution in [-0.2, 0) is 16.1 Å². The lowest BCUT2D eigenvalue weighted by molar-refractivity contribution is -0.142. The molecule has 0 aliphatic carbocycles. The normalized spacial score (nSPS) is 11.8. The summed E-state index contributed by atoms with van der Waals surface area (Å²) in [6.45, 7) is 4.44. The Hall–Kier alpha value is -2.38. The second-order valence-corrected chi connectivity index (χ2v) is 9.21. The fourth-order valence-electron chi connectivity index (χ4n) is 3.36. The Morgan fingerprint density at radius 1 is 1.06 bits per heavy atom. The van der Waals surface area contributed by atoms with Crippen LogP contribution in [0.25, 0.3) is 10.8 Å². The zero-order valence-corrected chi connectivity index (χ0v) is 21.3. The van der Waals surface area contributed by atoms with Crippen molar-refractivity contribution in [3.05, 3.63) is 75.2 Å². The van der Waals surface area contributed by atoms with Crippen molar-refractivity contribution in [1.29, 1.82) is 0 Å². The molecule has 3 aromatic rings. The molecule has 5 nitrogen and oxygen atoms in total. The van der Waals surface area contributed by atoms with E-state index in [0.717, 1.165) is 31.7 Å². The van der Waals surface area contributed by atoms with Crippen LogP contribution in [0.2, 0.25) is 0 Å². The summed E-state index contributed by atoms with van der Waals surface area (Å²) >= 11 is 7.06. The van der Waals surface area contributed by atoms with Gasteiger partial charge in [0, 0.05) is 17.6 Å². The lowest BCUT2D eigenvalue weighted by atomic mass is 10.1. The number of hydrogen-bond acceptors (Lipinski definition) is 3. The summed E-state index contributed by atoms with van der Waals surface area (Å²) in [7, 11) is 0.